The smallest absolute Gasteiger partial charge is 0.243 e. The maximum atomic E-state index is 13.7. The first-order chi connectivity index (χ1) is 17.5. The summed E-state index contributed by atoms with van der Waals surface area (Å²) < 4.78 is 35.6. The van der Waals surface area contributed by atoms with Crippen molar-refractivity contribution in [2.75, 3.05) is 31.6 Å². The lowest BCUT2D eigenvalue weighted by molar-refractivity contribution is -0.123. The van der Waals surface area contributed by atoms with E-state index < -0.39 is 10.0 Å². The van der Waals surface area contributed by atoms with Gasteiger partial charge in [-0.3, -0.25) is 14.4 Å². The molecule has 0 unspecified atom stereocenters. The predicted molar refractivity (Wildman–Crippen MR) is 139 cm³/mol. The molecule has 0 N–H and O–H groups in total. The average Bonchev–Trinajstić information content (AvgIpc) is 3.59. The second-order valence-corrected chi connectivity index (χ2v) is 11.5. The molecule has 5 rings (SSSR count). The van der Waals surface area contributed by atoms with Crippen LogP contribution in [0, 0.1) is 5.92 Å². The fourth-order valence-corrected chi connectivity index (χ4v) is 6.84. The van der Waals surface area contributed by atoms with Crippen molar-refractivity contribution >= 4 is 42.6 Å². The van der Waals surface area contributed by atoms with Crippen molar-refractivity contribution in [3.63, 3.8) is 0 Å². The van der Waals surface area contributed by atoms with Crippen LogP contribution in [0.2, 0.25) is 0 Å². The lowest BCUT2D eigenvalue weighted by Gasteiger charge is -2.33. The number of carbonyl (C=O) groups excluding carboxylic acids is 1. The monoisotopic (exact) mass is 525 g/mol. The van der Waals surface area contributed by atoms with Gasteiger partial charge in [-0.2, -0.15) is 9.40 Å². The molecule has 0 saturated carbocycles. The molecule has 0 radical (unpaired) electrons. The van der Waals surface area contributed by atoms with Crippen molar-refractivity contribution in [1.29, 1.82) is 0 Å². The van der Waals surface area contributed by atoms with E-state index in [1.807, 2.05) is 36.5 Å². The van der Waals surface area contributed by atoms with Crippen molar-refractivity contribution in [3.8, 4) is 5.75 Å². The summed E-state index contributed by atoms with van der Waals surface area (Å²) in [5.74, 6) is 0.294. The molecule has 1 aliphatic heterocycles. The molecule has 4 aromatic rings. The minimum Gasteiger partial charge on any atom is -0.497 e. The van der Waals surface area contributed by atoms with Gasteiger partial charge in [-0.25, -0.2) is 13.4 Å². The summed E-state index contributed by atoms with van der Waals surface area (Å²) >= 11 is 1.49. The molecule has 9 nitrogen and oxygen atoms in total. The maximum absolute atomic E-state index is 13.7. The minimum atomic E-state index is -3.63. The first-order valence-electron chi connectivity index (χ1n) is 11.7. The van der Waals surface area contributed by atoms with E-state index in [0.717, 1.165) is 10.2 Å². The molecule has 0 spiro atoms. The number of benzene rings is 2. The van der Waals surface area contributed by atoms with Crippen LogP contribution in [-0.2, 0) is 21.4 Å². The standard InChI is InChI=1S/C25H27N5O4S2/c1-34-20-7-9-21(10-8-20)36(32,33)29-15-11-19(12-16-29)24(31)30(18-17-28-14-4-13-26-28)25-27-22-5-2-3-6-23(22)35-25/h2-10,13-14,19H,11-12,15-18H2,1H3. The van der Waals surface area contributed by atoms with Gasteiger partial charge in [0.2, 0.25) is 15.9 Å². The van der Waals surface area contributed by atoms with E-state index in [1.54, 1.807) is 40.0 Å². The van der Waals surface area contributed by atoms with Crippen molar-refractivity contribution < 1.29 is 17.9 Å². The Kier molecular flexibility index (Phi) is 7.04. The Labute approximate surface area is 214 Å². The van der Waals surface area contributed by atoms with Crippen LogP contribution >= 0.6 is 11.3 Å². The molecule has 0 atom stereocenters. The fraction of sp³-hybridized carbons (Fsp3) is 0.320. The van der Waals surface area contributed by atoms with Gasteiger partial charge in [0.05, 0.1) is 28.8 Å². The van der Waals surface area contributed by atoms with E-state index in [2.05, 4.69) is 5.10 Å². The van der Waals surface area contributed by atoms with Crippen LogP contribution in [0.15, 0.2) is 71.9 Å². The minimum absolute atomic E-state index is 0.0253. The highest BCUT2D eigenvalue weighted by molar-refractivity contribution is 7.89. The number of hydrogen-bond donors (Lipinski definition) is 0. The predicted octanol–water partition coefficient (Wildman–Crippen LogP) is 3.64. The summed E-state index contributed by atoms with van der Waals surface area (Å²) in [5, 5.41) is 4.91. The molecule has 188 valence electrons. The van der Waals surface area contributed by atoms with Crippen LogP contribution in [0.5, 0.6) is 5.75 Å². The lowest BCUT2D eigenvalue weighted by Crippen LogP contribution is -2.45. The number of para-hydroxylation sites is 1. The Morgan fingerprint density at radius 1 is 1.11 bits per heavy atom. The van der Waals surface area contributed by atoms with Gasteiger partial charge in [0, 0.05) is 37.9 Å². The Bertz CT molecular complexity index is 1390. The van der Waals surface area contributed by atoms with Gasteiger partial charge < -0.3 is 4.74 Å². The second kappa shape index (κ2) is 10.4. The summed E-state index contributed by atoms with van der Waals surface area (Å²) in [6.07, 6.45) is 4.49. The van der Waals surface area contributed by atoms with E-state index >= 15 is 0 Å². The molecule has 1 amide bonds. The molecule has 1 aliphatic rings. The van der Waals surface area contributed by atoms with Crippen LogP contribution < -0.4 is 9.64 Å². The SMILES string of the molecule is COc1ccc(S(=O)(=O)N2CCC(C(=O)N(CCn3cccn3)c3nc4ccccc4s3)CC2)cc1. The second-order valence-electron chi connectivity index (χ2n) is 8.58. The highest BCUT2D eigenvalue weighted by Crippen LogP contribution is 2.32. The number of hydrogen-bond acceptors (Lipinski definition) is 7. The largest absolute Gasteiger partial charge is 0.497 e. The molecule has 3 heterocycles. The number of thiazole rings is 1. The van der Waals surface area contributed by atoms with Gasteiger partial charge in [-0.15, -0.1) is 0 Å². The number of anilines is 1. The van der Waals surface area contributed by atoms with Crippen LogP contribution in [0.3, 0.4) is 0 Å². The lowest BCUT2D eigenvalue weighted by atomic mass is 9.96. The van der Waals surface area contributed by atoms with E-state index in [-0.39, 0.29) is 29.8 Å². The normalized spacial score (nSPS) is 15.2. The molecule has 1 fully saturated rings. The maximum Gasteiger partial charge on any atom is 0.243 e. The van der Waals surface area contributed by atoms with Crippen molar-refractivity contribution in [2.24, 2.45) is 5.92 Å². The van der Waals surface area contributed by atoms with Gasteiger partial charge in [-0.05, 0) is 55.3 Å². The number of ether oxygens (including phenoxy) is 1. The van der Waals surface area contributed by atoms with Crippen molar-refractivity contribution in [3.05, 3.63) is 67.0 Å². The third-order valence-electron chi connectivity index (χ3n) is 6.39. The number of carbonyl (C=O) groups is 1. The number of piperidine rings is 1. The fourth-order valence-electron chi connectivity index (χ4n) is 4.37. The Hall–Kier alpha value is -3.28. The molecule has 0 bridgehead atoms. The summed E-state index contributed by atoms with van der Waals surface area (Å²) in [5.41, 5.74) is 0.856. The van der Waals surface area contributed by atoms with Gasteiger partial charge in [0.25, 0.3) is 0 Å². The average molecular weight is 526 g/mol. The molecule has 1 saturated heterocycles. The third kappa shape index (κ3) is 4.99. The number of rotatable bonds is 8. The topological polar surface area (TPSA) is 97.6 Å². The molecular formula is C25H27N5O4S2. The van der Waals surface area contributed by atoms with E-state index in [4.69, 9.17) is 9.72 Å². The molecule has 36 heavy (non-hydrogen) atoms. The third-order valence-corrected chi connectivity index (χ3v) is 9.36. The molecule has 2 aromatic carbocycles. The highest BCUT2D eigenvalue weighted by atomic mass is 32.2. The molecular weight excluding hydrogens is 498 g/mol. The Balaban J connectivity index is 1.31. The number of nitrogens with zero attached hydrogens (tertiary/aromatic N) is 5. The van der Waals surface area contributed by atoms with Gasteiger partial charge in [0.15, 0.2) is 5.13 Å². The van der Waals surface area contributed by atoms with Crippen LogP contribution in [0.4, 0.5) is 5.13 Å². The van der Waals surface area contributed by atoms with Crippen LogP contribution in [0.1, 0.15) is 12.8 Å². The zero-order chi connectivity index (χ0) is 25.1. The Morgan fingerprint density at radius 3 is 2.53 bits per heavy atom. The Morgan fingerprint density at radius 2 is 1.86 bits per heavy atom. The molecule has 2 aromatic heterocycles. The van der Waals surface area contributed by atoms with Crippen LogP contribution in [-0.4, -0.2) is 60.1 Å². The number of methoxy groups -OCH3 is 1. The first-order valence-corrected chi connectivity index (χ1v) is 14.0. The van der Waals surface area contributed by atoms with Gasteiger partial charge >= 0.3 is 0 Å². The summed E-state index contributed by atoms with van der Waals surface area (Å²) in [6, 6.07) is 16.0. The molecule has 11 heteroatoms. The van der Waals surface area contributed by atoms with Gasteiger partial charge in [-0.1, -0.05) is 23.5 Å². The van der Waals surface area contributed by atoms with E-state index in [9.17, 15) is 13.2 Å². The van der Waals surface area contributed by atoms with E-state index in [0.29, 0.717) is 36.8 Å². The van der Waals surface area contributed by atoms with Gasteiger partial charge in [0.1, 0.15) is 5.75 Å². The molecule has 0 aliphatic carbocycles. The van der Waals surface area contributed by atoms with Crippen molar-refractivity contribution in [1.82, 2.24) is 19.1 Å². The summed E-state index contributed by atoms with van der Waals surface area (Å²) in [7, 11) is -2.10. The zero-order valence-electron chi connectivity index (χ0n) is 19.9. The number of aromatic nitrogens is 3. The van der Waals surface area contributed by atoms with Crippen LogP contribution in [0.25, 0.3) is 10.2 Å². The van der Waals surface area contributed by atoms with E-state index in [1.165, 1.54) is 22.8 Å². The van der Waals surface area contributed by atoms with Crippen molar-refractivity contribution in [2.45, 2.75) is 24.3 Å². The quantitative estimate of drug-likeness (QED) is 0.348. The first kappa shape index (κ1) is 24.4. The summed E-state index contributed by atoms with van der Waals surface area (Å²) in [6.45, 7) is 1.55. The summed E-state index contributed by atoms with van der Waals surface area (Å²) in [4.78, 5) is 20.4. The number of sulfonamides is 1. The highest BCUT2D eigenvalue weighted by Gasteiger charge is 2.35. The number of amides is 1. The zero-order valence-corrected chi connectivity index (χ0v) is 21.5. The number of fused-ring (bicyclic) bond motifs is 1.